The van der Waals surface area contributed by atoms with E-state index >= 15 is 0 Å². The highest BCUT2D eigenvalue weighted by Gasteiger charge is 2.41. The Kier molecular flexibility index (Phi) is 6.04. The Balaban J connectivity index is 1.10. The lowest BCUT2D eigenvalue weighted by molar-refractivity contribution is 0.266. The molecule has 0 fully saturated rings. The first-order valence-corrected chi connectivity index (χ1v) is 16.6. The second-order valence-corrected chi connectivity index (χ2v) is 12.7. The van der Waals surface area contributed by atoms with Gasteiger partial charge in [-0.05, 0) is 79.9 Å². The molecule has 2 atom stereocenters. The molecular formula is C46H30O2. The first-order chi connectivity index (χ1) is 23.8. The number of ether oxygens (including phenoxy) is 1. The predicted octanol–water partition coefficient (Wildman–Crippen LogP) is 11.9. The Labute approximate surface area is 279 Å². The molecule has 0 bridgehead atoms. The highest BCUT2D eigenvalue weighted by molar-refractivity contribution is 6.09. The number of hydrogen-bond donors (Lipinski definition) is 0. The van der Waals surface area contributed by atoms with Gasteiger partial charge in [0, 0.05) is 16.3 Å². The van der Waals surface area contributed by atoms with Crippen molar-refractivity contribution in [3.63, 3.8) is 0 Å². The van der Waals surface area contributed by atoms with Gasteiger partial charge in [0.05, 0.1) is 5.92 Å². The summed E-state index contributed by atoms with van der Waals surface area (Å²) in [5.41, 5.74) is 15.0. The first-order valence-electron chi connectivity index (χ1n) is 16.6. The van der Waals surface area contributed by atoms with E-state index in [1.807, 2.05) is 0 Å². The van der Waals surface area contributed by atoms with Gasteiger partial charge < -0.3 is 9.15 Å². The average molecular weight is 615 g/mol. The van der Waals surface area contributed by atoms with Crippen molar-refractivity contribution in [1.29, 1.82) is 0 Å². The van der Waals surface area contributed by atoms with Gasteiger partial charge in [-0.1, -0.05) is 146 Å². The Bertz CT molecular complexity index is 2540. The van der Waals surface area contributed by atoms with E-state index in [4.69, 9.17) is 9.15 Å². The minimum atomic E-state index is -0.138. The summed E-state index contributed by atoms with van der Waals surface area (Å²) >= 11 is 0. The number of rotatable bonds is 4. The zero-order valence-electron chi connectivity index (χ0n) is 26.1. The van der Waals surface area contributed by atoms with Crippen LogP contribution in [0.25, 0.3) is 60.9 Å². The Morgan fingerprint density at radius 2 is 0.979 bits per heavy atom. The standard InChI is InChI=1S/C46H30O2/c1-3-13-29(14-4-1)32-17-7-8-19-34(32)31-23-24-37-39-25-26-40-44-38-22-12-11-21-36(38)41(28-43(44)48-46(40)45(39)47-42(37)27-31)35-20-10-9-18-33(35)30-15-5-2-6-16-30/h1-28,43-44H. The topological polar surface area (TPSA) is 22.4 Å². The smallest absolute Gasteiger partial charge is 0.177 e. The number of benzene rings is 7. The fourth-order valence-corrected chi connectivity index (χ4v) is 7.91. The van der Waals surface area contributed by atoms with Crippen LogP contribution >= 0.6 is 0 Å². The summed E-state index contributed by atoms with van der Waals surface area (Å²) in [6.45, 7) is 0. The third kappa shape index (κ3) is 4.13. The molecule has 2 heterocycles. The van der Waals surface area contributed by atoms with E-state index < -0.39 is 0 Å². The van der Waals surface area contributed by atoms with Crippen LogP contribution in [-0.4, -0.2) is 6.10 Å². The van der Waals surface area contributed by atoms with Crippen LogP contribution in [0.4, 0.5) is 0 Å². The molecule has 226 valence electrons. The van der Waals surface area contributed by atoms with Crippen molar-refractivity contribution in [3.8, 4) is 39.1 Å². The van der Waals surface area contributed by atoms with Gasteiger partial charge in [-0.2, -0.15) is 0 Å². The molecule has 0 radical (unpaired) electrons. The Morgan fingerprint density at radius 3 is 1.69 bits per heavy atom. The Morgan fingerprint density at radius 1 is 0.417 bits per heavy atom. The largest absolute Gasteiger partial charge is 0.481 e. The van der Waals surface area contributed by atoms with Crippen molar-refractivity contribution >= 4 is 27.5 Å². The van der Waals surface area contributed by atoms with Crippen molar-refractivity contribution in [2.75, 3.05) is 0 Å². The molecule has 1 aliphatic heterocycles. The van der Waals surface area contributed by atoms with Gasteiger partial charge in [-0.3, -0.25) is 0 Å². The van der Waals surface area contributed by atoms with E-state index in [2.05, 4.69) is 170 Å². The van der Waals surface area contributed by atoms with Crippen LogP contribution in [0.1, 0.15) is 28.2 Å². The molecule has 0 saturated heterocycles. The molecule has 2 nitrogen and oxygen atoms in total. The monoisotopic (exact) mass is 614 g/mol. The van der Waals surface area contributed by atoms with E-state index in [1.165, 1.54) is 55.6 Å². The minimum Gasteiger partial charge on any atom is -0.481 e. The van der Waals surface area contributed by atoms with E-state index in [1.54, 1.807) is 0 Å². The molecule has 0 amide bonds. The SMILES string of the molecule is C1=C(c2ccccc2-c2ccccc2)c2ccccc2C2c3ccc4c(oc5cc(-c6ccccc6-c6ccccc6)ccc54)c3OC12. The molecule has 1 aliphatic carbocycles. The maximum Gasteiger partial charge on any atom is 0.177 e. The van der Waals surface area contributed by atoms with Crippen LogP contribution in [0.3, 0.4) is 0 Å². The zero-order chi connectivity index (χ0) is 31.6. The molecule has 2 unspecified atom stereocenters. The minimum absolute atomic E-state index is 0.0924. The summed E-state index contributed by atoms with van der Waals surface area (Å²) in [4.78, 5) is 0. The van der Waals surface area contributed by atoms with Crippen molar-refractivity contribution in [2.45, 2.75) is 12.0 Å². The van der Waals surface area contributed by atoms with Gasteiger partial charge >= 0.3 is 0 Å². The maximum absolute atomic E-state index is 6.93. The van der Waals surface area contributed by atoms with E-state index in [-0.39, 0.29) is 12.0 Å². The van der Waals surface area contributed by atoms with Crippen molar-refractivity contribution in [2.24, 2.45) is 0 Å². The van der Waals surface area contributed by atoms with Crippen LogP contribution in [0.15, 0.2) is 174 Å². The molecule has 0 saturated carbocycles. The molecular weight excluding hydrogens is 585 g/mol. The maximum atomic E-state index is 6.93. The summed E-state index contributed by atoms with van der Waals surface area (Å²) in [5.74, 6) is 0.948. The lowest BCUT2D eigenvalue weighted by atomic mass is 9.76. The van der Waals surface area contributed by atoms with Crippen molar-refractivity contribution < 1.29 is 9.15 Å². The molecule has 8 aromatic rings. The average Bonchev–Trinajstić information content (AvgIpc) is 3.73. The third-order valence-electron chi connectivity index (χ3n) is 10.1. The van der Waals surface area contributed by atoms with Crippen LogP contribution in [-0.2, 0) is 0 Å². The molecule has 2 heteroatoms. The molecule has 1 aromatic heterocycles. The summed E-state index contributed by atoms with van der Waals surface area (Å²) in [7, 11) is 0. The van der Waals surface area contributed by atoms with Crippen LogP contribution in [0.5, 0.6) is 5.75 Å². The highest BCUT2D eigenvalue weighted by atomic mass is 16.5. The Hall–Kier alpha value is -6.12. The van der Waals surface area contributed by atoms with E-state index in [9.17, 15) is 0 Å². The molecule has 0 spiro atoms. The lowest BCUT2D eigenvalue weighted by Gasteiger charge is -2.28. The summed E-state index contributed by atoms with van der Waals surface area (Å²) in [6, 6.07) is 58.4. The third-order valence-corrected chi connectivity index (χ3v) is 10.1. The van der Waals surface area contributed by atoms with Gasteiger partial charge in [-0.25, -0.2) is 0 Å². The zero-order valence-corrected chi connectivity index (χ0v) is 26.1. The van der Waals surface area contributed by atoms with Gasteiger partial charge in [0.2, 0.25) is 0 Å². The molecule has 2 aliphatic rings. The van der Waals surface area contributed by atoms with E-state index in [0.29, 0.717) is 0 Å². The number of fused-ring (bicyclic) bond motifs is 9. The summed E-state index contributed by atoms with van der Waals surface area (Å²) < 4.78 is 13.7. The summed E-state index contributed by atoms with van der Waals surface area (Å²) in [5, 5.41) is 2.18. The molecule has 7 aromatic carbocycles. The first kappa shape index (κ1) is 27.0. The molecule has 0 N–H and O–H groups in total. The van der Waals surface area contributed by atoms with Crippen LogP contribution in [0, 0.1) is 0 Å². The van der Waals surface area contributed by atoms with Gasteiger partial charge in [0.15, 0.2) is 11.3 Å². The lowest BCUT2D eigenvalue weighted by Crippen LogP contribution is -2.22. The molecule has 48 heavy (non-hydrogen) atoms. The highest BCUT2D eigenvalue weighted by Crippen LogP contribution is 2.53. The number of furan rings is 1. The quantitative estimate of drug-likeness (QED) is 0.197. The van der Waals surface area contributed by atoms with Crippen LogP contribution in [0.2, 0.25) is 0 Å². The predicted molar refractivity (Wildman–Crippen MR) is 196 cm³/mol. The van der Waals surface area contributed by atoms with Gasteiger partial charge in [0.1, 0.15) is 11.7 Å². The fraction of sp³-hybridized carbons (Fsp3) is 0.0435. The number of hydrogen-bond acceptors (Lipinski definition) is 2. The van der Waals surface area contributed by atoms with Gasteiger partial charge in [0.25, 0.3) is 0 Å². The van der Waals surface area contributed by atoms with Crippen molar-refractivity contribution in [1.82, 2.24) is 0 Å². The fourth-order valence-electron chi connectivity index (χ4n) is 7.91. The normalized spacial score (nSPS) is 16.2. The van der Waals surface area contributed by atoms with E-state index in [0.717, 1.165) is 33.3 Å². The second kappa shape index (κ2) is 10.7. The van der Waals surface area contributed by atoms with Crippen LogP contribution < -0.4 is 4.74 Å². The summed E-state index contributed by atoms with van der Waals surface area (Å²) in [6.07, 6.45) is 2.20. The van der Waals surface area contributed by atoms with Gasteiger partial charge in [-0.15, -0.1) is 0 Å². The molecule has 10 rings (SSSR count). The second-order valence-electron chi connectivity index (χ2n) is 12.7. The van der Waals surface area contributed by atoms with Crippen molar-refractivity contribution in [3.05, 3.63) is 192 Å².